The second kappa shape index (κ2) is 16.5. The SMILES string of the molecule is CC(Cl)(Cl)C(=O)N(Cc1cccc(Cl)c1)[C@@H]1CCC[C@H](CN(C(=O)c2ccc(F)cc2)c2cccc(OCCN3CCCCC3)c2)C1. The van der Waals surface area contributed by atoms with Crippen LogP contribution in [-0.4, -0.2) is 64.8 Å². The zero-order chi connectivity index (χ0) is 33.4. The Morgan fingerprint density at radius 2 is 1.70 bits per heavy atom. The van der Waals surface area contributed by atoms with Crippen LogP contribution in [-0.2, 0) is 11.3 Å². The summed E-state index contributed by atoms with van der Waals surface area (Å²) >= 11 is 19.0. The molecule has 2 aliphatic rings. The minimum absolute atomic E-state index is 0.0772. The Morgan fingerprint density at radius 1 is 0.957 bits per heavy atom. The molecule has 1 saturated carbocycles. The molecule has 6 nitrogen and oxygen atoms in total. The fraction of sp³-hybridized carbons (Fsp3) is 0.459. The lowest BCUT2D eigenvalue weighted by atomic mass is 9.84. The average Bonchev–Trinajstić information content (AvgIpc) is 3.06. The van der Waals surface area contributed by atoms with Crippen LogP contribution in [0.5, 0.6) is 5.75 Å². The lowest BCUT2D eigenvalue weighted by Crippen LogP contribution is -2.49. The molecule has 0 radical (unpaired) electrons. The fourth-order valence-corrected chi connectivity index (χ4v) is 7.12. The number of likely N-dealkylation sites (tertiary alicyclic amines) is 1. The van der Waals surface area contributed by atoms with Crippen molar-refractivity contribution < 1.29 is 18.7 Å². The molecule has 1 saturated heterocycles. The number of carbonyl (C=O) groups is 2. The van der Waals surface area contributed by atoms with Gasteiger partial charge >= 0.3 is 0 Å². The number of carbonyl (C=O) groups excluding carboxylic acids is 2. The van der Waals surface area contributed by atoms with Gasteiger partial charge in [-0.1, -0.05) is 65.8 Å². The maximum absolute atomic E-state index is 14.0. The van der Waals surface area contributed by atoms with E-state index in [4.69, 9.17) is 39.5 Å². The average molecular weight is 703 g/mol. The number of nitrogens with zero attached hydrogens (tertiary/aromatic N) is 3. The van der Waals surface area contributed by atoms with Gasteiger partial charge in [0.05, 0.1) is 0 Å². The van der Waals surface area contributed by atoms with Gasteiger partial charge in [0.25, 0.3) is 11.8 Å². The highest BCUT2D eigenvalue weighted by Crippen LogP contribution is 2.35. The molecule has 1 aliphatic heterocycles. The number of amides is 2. The predicted octanol–water partition coefficient (Wildman–Crippen LogP) is 8.77. The van der Waals surface area contributed by atoms with Gasteiger partial charge in [-0.25, -0.2) is 4.39 Å². The Kier molecular flexibility index (Phi) is 12.5. The Morgan fingerprint density at radius 3 is 2.43 bits per heavy atom. The molecule has 0 N–H and O–H groups in total. The number of hydrogen-bond donors (Lipinski definition) is 0. The molecular formula is C37H43Cl3FN3O3. The summed E-state index contributed by atoms with van der Waals surface area (Å²) in [6, 6.07) is 20.5. The van der Waals surface area contributed by atoms with Crippen LogP contribution in [0.25, 0.3) is 0 Å². The molecule has 5 rings (SSSR count). The zero-order valence-corrected chi connectivity index (χ0v) is 29.1. The van der Waals surface area contributed by atoms with E-state index in [0.29, 0.717) is 48.1 Å². The maximum atomic E-state index is 14.0. The van der Waals surface area contributed by atoms with Crippen molar-refractivity contribution >= 4 is 52.3 Å². The van der Waals surface area contributed by atoms with Gasteiger partial charge in [-0.3, -0.25) is 14.5 Å². The quantitative estimate of drug-likeness (QED) is 0.177. The van der Waals surface area contributed by atoms with Crippen molar-refractivity contribution in [3.63, 3.8) is 0 Å². The van der Waals surface area contributed by atoms with Gasteiger partial charge in [0.1, 0.15) is 18.2 Å². The van der Waals surface area contributed by atoms with Crippen LogP contribution >= 0.6 is 34.8 Å². The van der Waals surface area contributed by atoms with Crippen molar-refractivity contribution in [2.75, 3.05) is 37.7 Å². The van der Waals surface area contributed by atoms with E-state index in [9.17, 15) is 14.0 Å². The molecule has 0 aromatic heterocycles. The third kappa shape index (κ3) is 10.1. The number of benzene rings is 3. The van der Waals surface area contributed by atoms with E-state index in [0.717, 1.165) is 44.5 Å². The molecule has 47 heavy (non-hydrogen) atoms. The van der Waals surface area contributed by atoms with Crippen molar-refractivity contribution in [3.8, 4) is 5.75 Å². The third-order valence-corrected chi connectivity index (χ3v) is 9.66. The Hall–Kier alpha value is -2.84. The van der Waals surface area contributed by atoms with E-state index in [1.54, 1.807) is 15.9 Å². The van der Waals surface area contributed by atoms with Gasteiger partial charge in [0, 0.05) is 48.0 Å². The van der Waals surface area contributed by atoms with Gasteiger partial charge < -0.3 is 14.5 Å². The van der Waals surface area contributed by atoms with E-state index in [1.165, 1.54) is 50.5 Å². The van der Waals surface area contributed by atoms with Gasteiger partial charge in [-0.15, -0.1) is 0 Å². The first-order chi connectivity index (χ1) is 22.6. The summed E-state index contributed by atoms with van der Waals surface area (Å²) in [5.41, 5.74) is 1.99. The topological polar surface area (TPSA) is 53.1 Å². The highest BCUT2D eigenvalue weighted by atomic mass is 35.5. The minimum Gasteiger partial charge on any atom is -0.492 e. The lowest BCUT2D eigenvalue weighted by molar-refractivity contribution is -0.135. The molecule has 2 amide bonds. The third-order valence-electron chi connectivity index (χ3n) is 9.11. The first-order valence-electron chi connectivity index (χ1n) is 16.5. The summed E-state index contributed by atoms with van der Waals surface area (Å²) < 4.78 is 18.4. The number of hydrogen-bond acceptors (Lipinski definition) is 4. The Balaban J connectivity index is 1.35. The van der Waals surface area contributed by atoms with E-state index in [2.05, 4.69) is 4.90 Å². The molecule has 1 aliphatic carbocycles. The number of ether oxygens (including phenoxy) is 1. The molecule has 3 aromatic rings. The first-order valence-corrected chi connectivity index (χ1v) is 17.7. The van der Waals surface area contributed by atoms with Crippen LogP contribution in [0.2, 0.25) is 5.02 Å². The van der Waals surface area contributed by atoms with Gasteiger partial charge in [0.15, 0.2) is 4.33 Å². The van der Waals surface area contributed by atoms with E-state index >= 15 is 0 Å². The Labute approximate surface area is 292 Å². The standard InChI is InChI=1S/C37H43Cl3FN3O3/c1-37(39,40)36(46)44(26-27-8-5-10-30(38)22-27)32-11-6-9-28(23-32)25-43(35(45)29-14-16-31(41)17-15-29)33-12-7-13-34(24-33)47-21-20-42-18-3-2-4-19-42/h5,7-8,10,12-17,22,24,28,32H,2-4,6,9,11,18-21,23,25-26H2,1H3/t28-,32+/m0/s1. The van der Waals surface area contributed by atoms with Gasteiger partial charge in [-0.2, -0.15) is 0 Å². The molecule has 2 fully saturated rings. The molecule has 0 bridgehead atoms. The van der Waals surface area contributed by atoms with Crippen molar-refractivity contribution in [3.05, 3.63) is 94.8 Å². The second-order valence-corrected chi connectivity index (χ2v) is 15.0. The van der Waals surface area contributed by atoms with Crippen LogP contribution in [0.1, 0.15) is 67.8 Å². The number of piperidine rings is 1. The molecule has 3 aromatic carbocycles. The molecule has 0 unspecified atom stereocenters. The molecule has 252 valence electrons. The van der Waals surface area contributed by atoms with Crippen LogP contribution in [0, 0.1) is 11.7 Å². The summed E-state index contributed by atoms with van der Waals surface area (Å²) in [6.45, 7) is 5.86. The van der Waals surface area contributed by atoms with Crippen LogP contribution in [0.4, 0.5) is 10.1 Å². The van der Waals surface area contributed by atoms with Crippen molar-refractivity contribution in [2.45, 2.75) is 68.8 Å². The molecule has 0 spiro atoms. The van der Waals surface area contributed by atoms with Crippen LogP contribution in [0.15, 0.2) is 72.8 Å². The Bertz CT molecular complexity index is 1490. The van der Waals surface area contributed by atoms with E-state index < -0.39 is 10.2 Å². The largest absolute Gasteiger partial charge is 0.492 e. The van der Waals surface area contributed by atoms with Gasteiger partial charge in [-0.05, 0) is 112 Å². The van der Waals surface area contributed by atoms with Crippen molar-refractivity contribution in [1.29, 1.82) is 0 Å². The lowest BCUT2D eigenvalue weighted by Gasteiger charge is -2.40. The summed E-state index contributed by atoms with van der Waals surface area (Å²) in [6.07, 6.45) is 6.94. The molecule has 2 atom stereocenters. The van der Waals surface area contributed by atoms with Crippen LogP contribution < -0.4 is 9.64 Å². The molecular weight excluding hydrogens is 660 g/mol. The number of halogens is 4. The summed E-state index contributed by atoms with van der Waals surface area (Å²) in [4.78, 5) is 33.5. The fourth-order valence-electron chi connectivity index (χ4n) is 6.69. The van der Waals surface area contributed by atoms with E-state index in [-0.39, 0.29) is 23.8 Å². The summed E-state index contributed by atoms with van der Waals surface area (Å²) in [7, 11) is 0. The maximum Gasteiger partial charge on any atom is 0.259 e. The smallest absolute Gasteiger partial charge is 0.259 e. The normalized spacial score (nSPS) is 18.8. The predicted molar refractivity (Wildman–Crippen MR) is 188 cm³/mol. The van der Waals surface area contributed by atoms with Crippen molar-refractivity contribution in [1.82, 2.24) is 9.80 Å². The first kappa shape index (κ1) is 35.5. The molecule has 1 heterocycles. The minimum atomic E-state index is -1.59. The van der Waals surface area contributed by atoms with Crippen LogP contribution in [0.3, 0.4) is 0 Å². The monoisotopic (exact) mass is 701 g/mol. The van der Waals surface area contributed by atoms with Crippen molar-refractivity contribution in [2.24, 2.45) is 5.92 Å². The highest BCUT2D eigenvalue weighted by Gasteiger charge is 2.38. The number of anilines is 1. The number of alkyl halides is 2. The highest BCUT2D eigenvalue weighted by molar-refractivity contribution is 6.57. The van der Waals surface area contributed by atoms with E-state index in [1.807, 2.05) is 42.5 Å². The molecule has 10 heteroatoms. The summed E-state index contributed by atoms with van der Waals surface area (Å²) in [5.74, 6) is -0.214. The number of rotatable bonds is 12. The zero-order valence-electron chi connectivity index (χ0n) is 26.9. The van der Waals surface area contributed by atoms with Gasteiger partial charge in [0.2, 0.25) is 0 Å². The second-order valence-electron chi connectivity index (χ2n) is 12.8. The summed E-state index contributed by atoms with van der Waals surface area (Å²) in [5, 5.41) is 0.587.